The van der Waals surface area contributed by atoms with Gasteiger partial charge in [0.15, 0.2) is 5.13 Å². The standard InChI is InChI=1S/C11H13BrN2S/c1-11(2,3)14-10-13-8-6-7(12)4-5-9(8)15-10/h4-6H,1-3H3,(H,13,14). The molecular formula is C11H13BrN2S. The molecule has 0 radical (unpaired) electrons. The fraction of sp³-hybridized carbons (Fsp3) is 0.364. The van der Waals surface area contributed by atoms with E-state index in [1.807, 2.05) is 12.1 Å². The molecule has 2 nitrogen and oxygen atoms in total. The first-order valence-corrected chi connectivity index (χ1v) is 6.39. The van der Waals surface area contributed by atoms with Crippen LogP contribution in [0.1, 0.15) is 20.8 Å². The average molecular weight is 285 g/mol. The molecule has 2 aromatic rings. The molecule has 0 atom stereocenters. The van der Waals surface area contributed by atoms with Gasteiger partial charge < -0.3 is 5.32 Å². The Bertz CT molecular complexity index is 485. The lowest BCUT2D eigenvalue weighted by atomic mass is 10.1. The highest BCUT2D eigenvalue weighted by molar-refractivity contribution is 9.10. The summed E-state index contributed by atoms with van der Waals surface area (Å²) in [7, 11) is 0. The van der Waals surface area contributed by atoms with Gasteiger partial charge in [-0.2, -0.15) is 0 Å². The van der Waals surface area contributed by atoms with E-state index in [1.54, 1.807) is 11.3 Å². The van der Waals surface area contributed by atoms with Gasteiger partial charge in [-0.05, 0) is 39.0 Å². The normalized spacial score (nSPS) is 12.0. The summed E-state index contributed by atoms with van der Waals surface area (Å²) in [5.74, 6) is 0. The number of benzene rings is 1. The molecule has 0 spiro atoms. The molecule has 1 aromatic carbocycles. The molecule has 0 saturated carbocycles. The van der Waals surface area contributed by atoms with E-state index in [0.29, 0.717) is 0 Å². The first-order valence-electron chi connectivity index (χ1n) is 4.78. The minimum atomic E-state index is 0.0606. The van der Waals surface area contributed by atoms with Crippen LogP contribution in [0, 0.1) is 0 Å². The second-order valence-electron chi connectivity index (χ2n) is 4.51. The zero-order valence-electron chi connectivity index (χ0n) is 8.97. The first-order chi connectivity index (χ1) is 6.94. The molecule has 0 aliphatic carbocycles. The number of hydrogen-bond donors (Lipinski definition) is 1. The van der Waals surface area contributed by atoms with Crippen molar-refractivity contribution < 1.29 is 0 Å². The molecule has 4 heteroatoms. The zero-order chi connectivity index (χ0) is 11.1. The minimum absolute atomic E-state index is 0.0606. The van der Waals surface area contributed by atoms with Crippen LogP contribution in [0.25, 0.3) is 10.2 Å². The van der Waals surface area contributed by atoms with Crippen LogP contribution in [0.15, 0.2) is 22.7 Å². The summed E-state index contributed by atoms with van der Waals surface area (Å²) >= 11 is 5.14. The minimum Gasteiger partial charge on any atom is -0.357 e. The Balaban J connectivity index is 2.39. The number of halogens is 1. The van der Waals surface area contributed by atoms with E-state index >= 15 is 0 Å². The van der Waals surface area contributed by atoms with Crippen LogP contribution in [-0.4, -0.2) is 10.5 Å². The predicted molar refractivity (Wildman–Crippen MR) is 70.7 cm³/mol. The van der Waals surface area contributed by atoms with Crippen molar-refractivity contribution in [1.29, 1.82) is 0 Å². The predicted octanol–water partition coefficient (Wildman–Crippen LogP) is 4.27. The van der Waals surface area contributed by atoms with Gasteiger partial charge in [0.2, 0.25) is 0 Å². The Kier molecular flexibility index (Phi) is 2.73. The third kappa shape index (κ3) is 2.69. The van der Waals surface area contributed by atoms with E-state index in [9.17, 15) is 0 Å². The van der Waals surface area contributed by atoms with Crippen LogP contribution in [0.5, 0.6) is 0 Å². The fourth-order valence-corrected chi connectivity index (χ4v) is 2.68. The highest BCUT2D eigenvalue weighted by Gasteiger charge is 2.12. The van der Waals surface area contributed by atoms with Gasteiger partial charge in [-0.1, -0.05) is 27.3 Å². The molecule has 15 heavy (non-hydrogen) atoms. The number of thiazole rings is 1. The molecule has 1 N–H and O–H groups in total. The quantitative estimate of drug-likeness (QED) is 0.846. The van der Waals surface area contributed by atoms with Crippen LogP contribution in [0.4, 0.5) is 5.13 Å². The van der Waals surface area contributed by atoms with E-state index in [0.717, 1.165) is 15.1 Å². The topological polar surface area (TPSA) is 24.9 Å². The van der Waals surface area contributed by atoms with Crippen molar-refractivity contribution in [2.75, 3.05) is 5.32 Å². The van der Waals surface area contributed by atoms with Crippen molar-refractivity contribution in [3.63, 3.8) is 0 Å². The lowest BCUT2D eigenvalue weighted by Crippen LogP contribution is -2.25. The summed E-state index contributed by atoms with van der Waals surface area (Å²) in [4.78, 5) is 4.54. The molecule has 1 aromatic heterocycles. The van der Waals surface area contributed by atoms with Gasteiger partial charge in [0.05, 0.1) is 10.2 Å². The molecule has 0 aliphatic heterocycles. The largest absolute Gasteiger partial charge is 0.357 e. The Morgan fingerprint density at radius 3 is 2.73 bits per heavy atom. The second kappa shape index (κ2) is 3.76. The fourth-order valence-electron chi connectivity index (χ4n) is 1.27. The molecule has 0 aliphatic rings. The van der Waals surface area contributed by atoms with Crippen molar-refractivity contribution in [3.8, 4) is 0 Å². The third-order valence-electron chi connectivity index (χ3n) is 1.83. The van der Waals surface area contributed by atoms with Crippen LogP contribution in [0.2, 0.25) is 0 Å². The summed E-state index contributed by atoms with van der Waals surface area (Å²) in [6, 6.07) is 6.17. The highest BCUT2D eigenvalue weighted by Crippen LogP contribution is 2.29. The Labute approximate surface area is 102 Å². The monoisotopic (exact) mass is 284 g/mol. The maximum atomic E-state index is 4.54. The summed E-state index contributed by atoms with van der Waals surface area (Å²) in [5.41, 5.74) is 1.10. The van der Waals surface area contributed by atoms with Crippen LogP contribution < -0.4 is 5.32 Å². The number of fused-ring (bicyclic) bond motifs is 1. The smallest absolute Gasteiger partial charge is 0.184 e. The van der Waals surface area contributed by atoms with Gasteiger partial charge in [-0.25, -0.2) is 4.98 Å². The van der Waals surface area contributed by atoms with Crippen LogP contribution >= 0.6 is 27.3 Å². The number of anilines is 1. The Morgan fingerprint density at radius 1 is 1.33 bits per heavy atom. The molecule has 0 amide bonds. The summed E-state index contributed by atoms with van der Waals surface area (Å²) in [6.07, 6.45) is 0. The molecule has 0 unspecified atom stereocenters. The van der Waals surface area contributed by atoms with Gasteiger partial charge in [-0.15, -0.1) is 0 Å². The summed E-state index contributed by atoms with van der Waals surface area (Å²) < 4.78 is 2.28. The number of hydrogen-bond acceptors (Lipinski definition) is 3. The van der Waals surface area contributed by atoms with E-state index in [4.69, 9.17) is 0 Å². The summed E-state index contributed by atoms with van der Waals surface area (Å²) in [6.45, 7) is 6.40. The molecule has 2 rings (SSSR count). The number of aromatic nitrogens is 1. The maximum Gasteiger partial charge on any atom is 0.184 e. The molecule has 0 bridgehead atoms. The molecule has 0 saturated heterocycles. The highest BCUT2D eigenvalue weighted by atomic mass is 79.9. The average Bonchev–Trinajstić information content (AvgIpc) is 2.42. The molecular weight excluding hydrogens is 272 g/mol. The molecule has 80 valence electrons. The Morgan fingerprint density at radius 2 is 2.07 bits per heavy atom. The number of rotatable bonds is 1. The summed E-state index contributed by atoms with van der Waals surface area (Å²) in [5, 5.41) is 4.36. The van der Waals surface area contributed by atoms with Crippen molar-refractivity contribution >= 4 is 42.6 Å². The van der Waals surface area contributed by atoms with Crippen molar-refractivity contribution in [3.05, 3.63) is 22.7 Å². The van der Waals surface area contributed by atoms with Crippen molar-refractivity contribution in [2.24, 2.45) is 0 Å². The van der Waals surface area contributed by atoms with E-state index < -0.39 is 0 Å². The number of nitrogens with one attached hydrogen (secondary N) is 1. The van der Waals surface area contributed by atoms with Gasteiger partial charge in [0, 0.05) is 10.0 Å². The van der Waals surface area contributed by atoms with Crippen molar-refractivity contribution in [1.82, 2.24) is 4.98 Å². The second-order valence-corrected chi connectivity index (χ2v) is 6.45. The van der Waals surface area contributed by atoms with Gasteiger partial charge in [0.1, 0.15) is 0 Å². The molecule has 1 heterocycles. The Hall–Kier alpha value is -0.610. The van der Waals surface area contributed by atoms with E-state index in [-0.39, 0.29) is 5.54 Å². The van der Waals surface area contributed by atoms with E-state index in [2.05, 4.69) is 53.1 Å². The molecule has 0 fully saturated rings. The van der Waals surface area contributed by atoms with E-state index in [1.165, 1.54) is 4.70 Å². The third-order valence-corrected chi connectivity index (χ3v) is 3.28. The lowest BCUT2D eigenvalue weighted by molar-refractivity contribution is 0.633. The lowest BCUT2D eigenvalue weighted by Gasteiger charge is -2.19. The van der Waals surface area contributed by atoms with Crippen LogP contribution in [0.3, 0.4) is 0 Å². The van der Waals surface area contributed by atoms with Crippen LogP contribution in [-0.2, 0) is 0 Å². The SMILES string of the molecule is CC(C)(C)Nc1nc2cc(Br)ccc2s1. The maximum absolute atomic E-state index is 4.54. The van der Waals surface area contributed by atoms with Gasteiger partial charge in [0.25, 0.3) is 0 Å². The first kappa shape index (κ1) is 10.9. The van der Waals surface area contributed by atoms with Crippen molar-refractivity contribution in [2.45, 2.75) is 26.3 Å². The zero-order valence-corrected chi connectivity index (χ0v) is 11.4. The van der Waals surface area contributed by atoms with Gasteiger partial charge in [-0.3, -0.25) is 0 Å². The number of nitrogens with zero attached hydrogens (tertiary/aromatic N) is 1. The van der Waals surface area contributed by atoms with Gasteiger partial charge >= 0.3 is 0 Å².